The Kier molecular flexibility index (Phi) is 7.19. The number of ether oxygens (including phenoxy) is 4. The van der Waals surface area contributed by atoms with Crippen molar-refractivity contribution < 1.29 is 36.3 Å². The van der Waals surface area contributed by atoms with Gasteiger partial charge in [-0.3, -0.25) is 0 Å². The van der Waals surface area contributed by atoms with Gasteiger partial charge in [0.1, 0.15) is 11.5 Å². The number of benzene rings is 2. The first-order valence-electron chi connectivity index (χ1n) is 9.76. The summed E-state index contributed by atoms with van der Waals surface area (Å²) < 4.78 is 48.8. The Bertz CT molecular complexity index is 975. The summed E-state index contributed by atoms with van der Waals surface area (Å²) in [5.41, 5.74) is 2.03. The topological polar surface area (TPSA) is 97.4 Å². The molecular weight excluding hydrogens is 424 g/mol. The molecule has 0 N–H and O–H groups in total. The highest BCUT2D eigenvalue weighted by Gasteiger charge is 2.41. The van der Waals surface area contributed by atoms with Gasteiger partial charge in [-0.15, -0.1) is 0 Å². The summed E-state index contributed by atoms with van der Waals surface area (Å²) >= 11 is 0. The van der Waals surface area contributed by atoms with Crippen LogP contribution in [0.5, 0.6) is 11.5 Å². The second-order valence-corrected chi connectivity index (χ2v) is 8.93. The van der Waals surface area contributed by atoms with E-state index in [0.29, 0.717) is 26.2 Å². The van der Waals surface area contributed by atoms with E-state index < -0.39 is 21.9 Å². The molecule has 3 rings (SSSR count). The molecule has 31 heavy (non-hydrogen) atoms. The van der Waals surface area contributed by atoms with Crippen molar-refractivity contribution in [3.05, 3.63) is 59.7 Å². The minimum atomic E-state index is -3.53. The summed E-state index contributed by atoms with van der Waals surface area (Å²) in [5, 5.41) is 0. The van der Waals surface area contributed by atoms with Crippen molar-refractivity contribution in [2.75, 3.05) is 33.2 Å². The number of carbonyl (C=O) groups excluding carboxylic acids is 1. The van der Waals surface area contributed by atoms with Gasteiger partial charge in [0.25, 0.3) is 5.79 Å². The van der Waals surface area contributed by atoms with Gasteiger partial charge in [-0.25, -0.2) is 4.79 Å². The molecule has 1 aliphatic rings. The zero-order valence-electron chi connectivity index (χ0n) is 17.7. The minimum Gasteiger partial charge on any atom is -0.493 e. The molecule has 168 valence electrons. The first-order chi connectivity index (χ1) is 14.7. The average Bonchev–Trinajstić information content (AvgIpc) is 2.74. The van der Waals surface area contributed by atoms with Crippen molar-refractivity contribution in [2.24, 2.45) is 0 Å². The van der Waals surface area contributed by atoms with Crippen LogP contribution in [0.2, 0.25) is 0 Å². The maximum Gasteiger partial charge on any atom is 0.366 e. The number of carbonyl (C=O) groups is 1. The molecule has 1 fully saturated rings. The summed E-state index contributed by atoms with van der Waals surface area (Å²) in [6.07, 6.45) is 1.67. The highest BCUT2D eigenvalue weighted by Crippen LogP contribution is 2.29. The first kappa shape index (κ1) is 23.1. The summed E-state index contributed by atoms with van der Waals surface area (Å²) in [6, 6.07) is 14.5. The van der Waals surface area contributed by atoms with Gasteiger partial charge in [-0.1, -0.05) is 24.3 Å². The lowest BCUT2D eigenvalue weighted by Gasteiger charge is -2.35. The molecule has 0 atom stereocenters. The smallest absolute Gasteiger partial charge is 0.366 e. The Balaban J connectivity index is 1.46. The Labute approximate surface area is 182 Å². The standard InChI is InChI=1S/C22H26O8S/c1-22(21(23)26-2)28-14-18(15-29-22)17-6-10-19(11-7-17)27-13-12-16-4-8-20(9-5-16)30-31(3,24)25/h4-11,18H,12-15H2,1-3H3/t18-,22-. The highest BCUT2D eigenvalue weighted by atomic mass is 32.2. The van der Waals surface area contributed by atoms with Crippen molar-refractivity contribution in [1.29, 1.82) is 0 Å². The highest BCUT2D eigenvalue weighted by molar-refractivity contribution is 7.86. The fourth-order valence-corrected chi connectivity index (χ4v) is 3.57. The van der Waals surface area contributed by atoms with Crippen LogP contribution in [-0.2, 0) is 35.5 Å². The fraction of sp³-hybridized carbons (Fsp3) is 0.409. The summed E-state index contributed by atoms with van der Waals surface area (Å²) in [7, 11) is -2.23. The Morgan fingerprint density at radius 3 is 2.16 bits per heavy atom. The Morgan fingerprint density at radius 2 is 1.61 bits per heavy atom. The van der Waals surface area contributed by atoms with Gasteiger partial charge in [0.2, 0.25) is 0 Å². The van der Waals surface area contributed by atoms with E-state index in [-0.39, 0.29) is 11.7 Å². The van der Waals surface area contributed by atoms with Crippen LogP contribution in [0.15, 0.2) is 48.5 Å². The van der Waals surface area contributed by atoms with E-state index in [2.05, 4.69) is 0 Å². The lowest BCUT2D eigenvalue weighted by atomic mass is 9.99. The maximum atomic E-state index is 11.7. The molecule has 0 amide bonds. The number of methoxy groups -OCH3 is 1. The van der Waals surface area contributed by atoms with E-state index in [0.717, 1.165) is 23.1 Å². The van der Waals surface area contributed by atoms with Gasteiger partial charge in [0.05, 0.1) is 33.2 Å². The van der Waals surface area contributed by atoms with Gasteiger partial charge in [0.15, 0.2) is 0 Å². The summed E-state index contributed by atoms with van der Waals surface area (Å²) in [4.78, 5) is 11.7. The molecule has 8 nitrogen and oxygen atoms in total. The fourth-order valence-electron chi connectivity index (χ4n) is 3.11. The van der Waals surface area contributed by atoms with E-state index in [1.165, 1.54) is 7.11 Å². The van der Waals surface area contributed by atoms with Gasteiger partial charge in [-0.2, -0.15) is 8.42 Å². The molecule has 0 unspecified atom stereocenters. The molecule has 0 bridgehead atoms. The third-order valence-electron chi connectivity index (χ3n) is 4.86. The SMILES string of the molecule is COC(=O)[C@]1(C)OC[C@@H](c2ccc(OCCc3ccc(OS(C)(=O)=O)cc3)cc2)CO1. The monoisotopic (exact) mass is 450 g/mol. The quantitative estimate of drug-likeness (QED) is 0.447. The van der Waals surface area contributed by atoms with E-state index in [4.69, 9.17) is 23.1 Å². The van der Waals surface area contributed by atoms with Gasteiger partial charge in [-0.05, 0) is 35.4 Å². The zero-order valence-corrected chi connectivity index (χ0v) is 18.5. The molecule has 0 saturated carbocycles. The molecule has 0 radical (unpaired) electrons. The summed E-state index contributed by atoms with van der Waals surface area (Å²) in [6.45, 7) is 2.73. The second kappa shape index (κ2) is 9.67. The molecule has 1 heterocycles. The van der Waals surface area contributed by atoms with Gasteiger partial charge >= 0.3 is 16.1 Å². The minimum absolute atomic E-state index is 0.0134. The molecule has 0 aromatic heterocycles. The van der Waals surface area contributed by atoms with Crippen molar-refractivity contribution in [2.45, 2.75) is 25.0 Å². The van der Waals surface area contributed by atoms with Crippen LogP contribution >= 0.6 is 0 Å². The van der Waals surface area contributed by atoms with Crippen LogP contribution in [0.25, 0.3) is 0 Å². The van der Waals surface area contributed by atoms with Gasteiger partial charge in [0, 0.05) is 19.3 Å². The third-order valence-corrected chi connectivity index (χ3v) is 5.35. The molecule has 9 heteroatoms. The molecule has 2 aromatic rings. The lowest BCUT2D eigenvalue weighted by Crippen LogP contribution is -2.47. The number of rotatable bonds is 8. The van der Waals surface area contributed by atoms with Crippen molar-refractivity contribution in [3.8, 4) is 11.5 Å². The number of hydrogen-bond acceptors (Lipinski definition) is 8. The number of hydrogen-bond donors (Lipinski definition) is 0. The van der Waals surface area contributed by atoms with Crippen molar-refractivity contribution in [3.63, 3.8) is 0 Å². The summed E-state index contributed by atoms with van der Waals surface area (Å²) in [5.74, 6) is -0.876. The van der Waals surface area contributed by atoms with Crippen LogP contribution in [0.3, 0.4) is 0 Å². The van der Waals surface area contributed by atoms with Crippen LogP contribution in [0.4, 0.5) is 0 Å². The number of esters is 1. The molecule has 1 aliphatic heterocycles. The van der Waals surface area contributed by atoms with Gasteiger partial charge < -0.3 is 23.1 Å². The molecule has 2 aromatic carbocycles. The first-order valence-corrected chi connectivity index (χ1v) is 11.6. The van der Waals surface area contributed by atoms with E-state index in [1.54, 1.807) is 31.2 Å². The van der Waals surface area contributed by atoms with Crippen molar-refractivity contribution in [1.82, 2.24) is 0 Å². The predicted octanol–water partition coefficient (Wildman–Crippen LogP) is 2.67. The Hall–Kier alpha value is -2.62. The average molecular weight is 451 g/mol. The van der Waals surface area contributed by atoms with Crippen LogP contribution in [0.1, 0.15) is 24.0 Å². The zero-order chi connectivity index (χ0) is 22.5. The van der Waals surface area contributed by atoms with Crippen LogP contribution in [-0.4, -0.2) is 53.4 Å². The second-order valence-electron chi connectivity index (χ2n) is 7.36. The van der Waals surface area contributed by atoms with E-state index in [1.807, 2.05) is 24.3 Å². The third kappa shape index (κ3) is 6.43. The Morgan fingerprint density at radius 1 is 1.03 bits per heavy atom. The van der Waals surface area contributed by atoms with Crippen LogP contribution < -0.4 is 8.92 Å². The van der Waals surface area contributed by atoms with E-state index in [9.17, 15) is 13.2 Å². The molecular formula is C22H26O8S. The molecule has 0 spiro atoms. The molecule has 1 saturated heterocycles. The lowest BCUT2D eigenvalue weighted by molar-refractivity contribution is -0.264. The van der Waals surface area contributed by atoms with Crippen molar-refractivity contribution >= 4 is 16.1 Å². The van der Waals surface area contributed by atoms with Crippen LogP contribution in [0, 0.1) is 0 Å². The molecule has 0 aliphatic carbocycles. The largest absolute Gasteiger partial charge is 0.493 e. The predicted molar refractivity (Wildman–Crippen MR) is 113 cm³/mol. The normalized spacial score (nSPS) is 21.3. The van der Waals surface area contributed by atoms with E-state index >= 15 is 0 Å². The maximum absolute atomic E-state index is 11.7.